The summed E-state index contributed by atoms with van der Waals surface area (Å²) in [7, 11) is 0. The summed E-state index contributed by atoms with van der Waals surface area (Å²) in [5, 5.41) is 2.34. The first-order valence-corrected chi connectivity index (χ1v) is 9.50. The molecule has 1 atom stereocenters. The average molecular weight is 380 g/mol. The van der Waals surface area contributed by atoms with Crippen LogP contribution in [0.1, 0.15) is 66.7 Å². The molecule has 4 nitrogen and oxygen atoms in total. The normalized spacial score (nSPS) is 17.3. The quantitative estimate of drug-likeness (QED) is 0.367. The number of hydrogen-bond donors (Lipinski definition) is 1. The highest BCUT2D eigenvalue weighted by atomic mass is 19.1. The predicted molar refractivity (Wildman–Crippen MR) is 110 cm³/mol. The molecule has 2 amide bonds. The van der Waals surface area contributed by atoms with Crippen molar-refractivity contribution in [2.24, 2.45) is 5.92 Å². The highest BCUT2D eigenvalue weighted by Crippen LogP contribution is 2.17. The standard InChI is InChI=1S/C12H15FO.C8H13NO2.C2H6/c1-5-10(6-2)12(9(4)14)8-11(13)7-3;1-2-3-6-4-5-7(10)9-8(6)11;1-2/h5,7-8H,1,3,6H2,2,4H3;6H,2-5H2,1H3,(H,9,10,11);1-2H3/b11-8+,12-10-;;. The molecule has 0 aliphatic carbocycles. The summed E-state index contributed by atoms with van der Waals surface area (Å²) < 4.78 is 12.9. The number of ketones is 1. The Morgan fingerprint density at radius 2 is 1.81 bits per heavy atom. The number of nitrogens with one attached hydrogen (secondary N) is 1. The number of imide groups is 1. The largest absolute Gasteiger partial charge is 0.296 e. The van der Waals surface area contributed by atoms with Gasteiger partial charge in [-0.05, 0) is 43.9 Å². The molecule has 1 aliphatic rings. The smallest absolute Gasteiger partial charge is 0.229 e. The molecule has 0 radical (unpaired) electrons. The number of amides is 2. The molecule has 5 heteroatoms. The molecule has 1 rings (SSSR count). The molecule has 1 fully saturated rings. The van der Waals surface area contributed by atoms with E-state index in [0.29, 0.717) is 18.4 Å². The van der Waals surface area contributed by atoms with Crippen molar-refractivity contribution < 1.29 is 18.8 Å². The topological polar surface area (TPSA) is 63.2 Å². The van der Waals surface area contributed by atoms with Crippen molar-refractivity contribution in [1.82, 2.24) is 5.32 Å². The summed E-state index contributed by atoms with van der Waals surface area (Å²) in [5.74, 6) is -0.801. The Hall–Kier alpha value is -2.30. The van der Waals surface area contributed by atoms with Gasteiger partial charge in [-0.25, -0.2) is 4.39 Å². The van der Waals surface area contributed by atoms with Crippen LogP contribution in [0.3, 0.4) is 0 Å². The van der Waals surface area contributed by atoms with E-state index in [1.54, 1.807) is 6.08 Å². The zero-order chi connectivity index (χ0) is 21.4. The minimum atomic E-state index is -0.511. The summed E-state index contributed by atoms with van der Waals surface area (Å²) in [6.07, 6.45) is 7.64. The van der Waals surface area contributed by atoms with Crippen molar-refractivity contribution in [3.05, 3.63) is 48.4 Å². The molecular weight excluding hydrogens is 345 g/mol. The van der Waals surface area contributed by atoms with Crippen LogP contribution in [-0.2, 0) is 14.4 Å². The van der Waals surface area contributed by atoms with E-state index in [4.69, 9.17) is 0 Å². The molecular formula is C22H34FNO3. The number of piperidine rings is 1. The van der Waals surface area contributed by atoms with Crippen LogP contribution in [0.2, 0.25) is 0 Å². The van der Waals surface area contributed by atoms with E-state index in [-0.39, 0.29) is 23.5 Å². The van der Waals surface area contributed by atoms with Gasteiger partial charge in [0, 0.05) is 17.9 Å². The first-order valence-electron chi connectivity index (χ1n) is 9.50. The van der Waals surface area contributed by atoms with Crippen molar-refractivity contribution in [3.8, 4) is 0 Å². The number of carbonyl (C=O) groups excluding carboxylic acids is 3. The lowest BCUT2D eigenvalue weighted by Crippen LogP contribution is -2.40. The lowest BCUT2D eigenvalue weighted by Gasteiger charge is -2.19. The van der Waals surface area contributed by atoms with Gasteiger partial charge in [-0.3, -0.25) is 19.7 Å². The SMILES string of the molecule is C=C/C(F)=C\C(C(C)=O)=C(/C=C)CC.CC.CCCC1CCC(=O)NC1=O. The Bertz CT molecular complexity index is 588. The fraction of sp³-hybridized carbons (Fsp3) is 0.500. The Morgan fingerprint density at radius 3 is 2.19 bits per heavy atom. The summed E-state index contributed by atoms with van der Waals surface area (Å²) in [6, 6.07) is 0. The second-order valence-corrected chi connectivity index (χ2v) is 5.72. The second kappa shape index (κ2) is 15.9. The fourth-order valence-electron chi connectivity index (χ4n) is 2.42. The molecule has 1 heterocycles. The van der Waals surface area contributed by atoms with Gasteiger partial charge in [0.05, 0.1) is 0 Å². The van der Waals surface area contributed by atoms with Crippen LogP contribution in [0.4, 0.5) is 4.39 Å². The number of allylic oxidation sites excluding steroid dienone is 6. The van der Waals surface area contributed by atoms with Gasteiger partial charge in [0.2, 0.25) is 11.8 Å². The molecule has 1 aliphatic heterocycles. The maximum Gasteiger partial charge on any atom is 0.229 e. The van der Waals surface area contributed by atoms with Crippen LogP contribution in [0.15, 0.2) is 48.4 Å². The minimum Gasteiger partial charge on any atom is -0.296 e. The Morgan fingerprint density at radius 1 is 1.22 bits per heavy atom. The van der Waals surface area contributed by atoms with Gasteiger partial charge in [-0.2, -0.15) is 0 Å². The fourth-order valence-corrected chi connectivity index (χ4v) is 2.42. The van der Waals surface area contributed by atoms with Gasteiger partial charge in [0.15, 0.2) is 5.78 Å². The number of rotatable bonds is 7. The van der Waals surface area contributed by atoms with Gasteiger partial charge >= 0.3 is 0 Å². The summed E-state index contributed by atoms with van der Waals surface area (Å²) in [5.41, 5.74) is 1.11. The number of carbonyl (C=O) groups is 3. The van der Waals surface area contributed by atoms with E-state index in [1.165, 1.54) is 13.0 Å². The van der Waals surface area contributed by atoms with Crippen LogP contribution in [0, 0.1) is 5.92 Å². The van der Waals surface area contributed by atoms with Crippen LogP contribution in [-0.4, -0.2) is 17.6 Å². The number of hydrogen-bond acceptors (Lipinski definition) is 3. The van der Waals surface area contributed by atoms with Crippen LogP contribution in [0.25, 0.3) is 0 Å². The summed E-state index contributed by atoms with van der Waals surface area (Å²) in [4.78, 5) is 33.0. The molecule has 1 saturated heterocycles. The highest BCUT2D eigenvalue weighted by Gasteiger charge is 2.25. The first-order chi connectivity index (χ1) is 12.8. The molecule has 0 aromatic carbocycles. The van der Waals surface area contributed by atoms with Gasteiger partial charge in [-0.15, -0.1) is 0 Å². The van der Waals surface area contributed by atoms with Gasteiger partial charge in [-0.1, -0.05) is 53.3 Å². The van der Waals surface area contributed by atoms with Crippen molar-refractivity contribution in [2.45, 2.75) is 66.7 Å². The lowest BCUT2D eigenvalue weighted by molar-refractivity contribution is -0.136. The maximum absolute atomic E-state index is 12.9. The van der Waals surface area contributed by atoms with Crippen molar-refractivity contribution in [2.75, 3.05) is 0 Å². The van der Waals surface area contributed by atoms with Gasteiger partial charge in [0.25, 0.3) is 0 Å². The van der Waals surface area contributed by atoms with E-state index in [0.717, 1.165) is 30.9 Å². The Kier molecular flexibility index (Phi) is 15.9. The van der Waals surface area contributed by atoms with Crippen molar-refractivity contribution in [3.63, 3.8) is 0 Å². The second-order valence-electron chi connectivity index (χ2n) is 5.72. The van der Waals surface area contributed by atoms with E-state index >= 15 is 0 Å². The van der Waals surface area contributed by atoms with Crippen LogP contribution >= 0.6 is 0 Å². The molecule has 0 bridgehead atoms. The van der Waals surface area contributed by atoms with E-state index < -0.39 is 5.83 Å². The molecule has 0 spiro atoms. The molecule has 152 valence electrons. The third kappa shape index (κ3) is 11.1. The summed E-state index contributed by atoms with van der Waals surface area (Å²) >= 11 is 0. The molecule has 0 aromatic rings. The molecule has 0 saturated carbocycles. The van der Waals surface area contributed by atoms with Gasteiger partial charge < -0.3 is 0 Å². The first kappa shape index (κ1) is 26.9. The Balaban J connectivity index is 0. The van der Waals surface area contributed by atoms with Crippen LogP contribution < -0.4 is 5.32 Å². The zero-order valence-corrected chi connectivity index (χ0v) is 17.4. The van der Waals surface area contributed by atoms with Crippen molar-refractivity contribution in [1.29, 1.82) is 0 Å². The van der Waals surface area contributed by atoms with E-state index in [9.17, 15) is 18.8 Å². The molecule has 1 N–H and O–H groups in total. The number of Topliss-reactive ketones (excluding diaryl/α,β-unsaturated/α-hetero) is 1. The van der Waals surface area contributed by atoms with Gasteiger partial charge in [0.1, 0.15) is 5.83 Å². The predicted octanol–water partition coefficient (Wildman–Crippen LogP) is 5.37. The lowest BCUT2D eigenvalue weighted by atomic mass is 9.94. The Labute approximate surface area is 163 Å². The highest BCUT2D eigenvalue weighted by molar-refractivity contribution is 5.98. The number of halogens is 1. The zero-order valence-electron chi connectivity index (χ0n) is 17.4. The summed E-state index contributed by atoms with van der Waals surface area (Å²) in [6.45, 7) is 16.2. The van der Waals surface area contributed by atoms with E-state index in [1.807, 2.05) is 27.7 Å². The van der Waals surface area contributed by atoms with Crippen molar-refractivity contribution >= 4 is 17.6 Å². The molecule has 27 heavy (non-hydrogen) atoms. The maximum atomic E-state index is 12.9. The minimum absolute atomic E-state index is 0.0805. The monoisotopic (exact) mass is 379 g/mol. The third-order valence-electron chi connectivity index (χ3n) is 3.82. The molecule has 0 aromatic heterocycles. The molecule has 1 unspecified atom stereocenters. The van der Waals surface area contributed by atoms with E-state index in [2.05, 4.69) is 18.5 Å². The average Bonchev–Trinajstić information content (AvgIpc) is 2.66. The van der Waals surface area contributed by atoms with Crippen LogP contribution in [0.5, 0.6) is 0 Å². The third-order valence-corrected chi connectivity index (χ3v) is 3.82.